The number of imidazole rings is 1. The average Bonchev–Trinajstić information content (AvgIpc) is 2.66. The van der Waals surface area contributed by atoms with Gasteiger partial charge < -0.3 is 0 Å². The van der Waals surface area contributed by atoms with E-state index in [2.05, 4.69) is 26.0 Å². The van der Waals surface area contributed by atoms with Crippen molar-refractivity contribution in [1.29, 1.82) is 0 Å². The van der Waals surface area contributed by atoms with Crippen LogP contribution in [0.15, 0.2) is 41.0 Å². The van der Waals surface area contributed by atoms with Crippen molar-refractivity contribution in [2.45, 2.75) is 6.92 Å². The molecule has 0 saturated heterocycles. The molecule has 0 fully saturated rings. The van der Waals surface area contributed by atoms with Crippen molar-refractivity contribution >= 4 is 21.6 Å². The molecule has 0 aliphatic heterocycles. The molecule has 0 N–H and O–H groups in total. The van der Waals surface area contributed by atoms with E-state index in [1.54, 1.807) is 28.8 Å². The van der Waals surface area contributed by atoms with E-state index in [1.807, 2.05) is 13.0 Å². The number of hydrogen-bond acceptors (Lipinski definition) is 2. The molecule has 0 bridgehead atoms. The van der Waals surface area contributed by atoms with Crippen LogP contribution in [0, 0.1) is 12.7 Å². The average molecular weight is 306 g/mol. The fraction of sp³-hybridized carbons (Fsp3) is 0.0769. The van der Waals surface area contributed by atoms with Gasteiger partial charge in [-0.15, -0.1) is 0 Å². The molecule has 0 unspecified atom stereocenters. The first-order valence-corrected chi connectivity index (χ1v) is 6.23. The Morgan fingerprint density at radius 3 is 2.72 bits per heavy atom. The zero-order valence-electron chi connectivity index (χ0n) is 9.56. The number of rotatable bonds is 1. The maximum Gasteiger partial charge on any atom is 0.155 e. The van der Waals surface area contributed by atoms with Gasteiger partial charge in [0.2, 0.25) is 0 Å². The molecule has 1 aromatic carbocycles. The van der Waals surface area contributed by atoms with E-state index in [1.165, 1.54) is 6.07 Å². The maximum atomic E-state index is 13.7. The molecule has 2 aromatic heterocycles. The number of benzene rings is 1. The Kier molecular flexibility index (Phi) is 2.63. The zero-order valence-corrected chi connectivity index (χ0v) is 11.1. The molecular formula is C13H9BrFN3. The van der Waals surface area contributed by atoms with Crippen LogP contribution in [0.1, 0.15) is 5.69 Å². The molecular weight excluding hydrogens is 297 g/mol. The Bertz CT molecular complexity index is 736. The number of hydrogen-bond donors (Lipinski definition) is 0. The molecule has 18 heavy (non-hydrogen) atoms. The molecule has 0 atom stereocenters. The predicted molar refractivity (Wildman–Crippen MR) is 70.8 cm³/mol. The highest BCUT2D eigenvalue weighted by Crippen LogP contribution is 2.23. The van der Waals surface area contributed by atoms with E-state index < -0.39 is 0 Å². The monoisotopic (exact) mass is 305 g/mol. The van der Waals surface area contributed by atoms with E-state index in [9.17, 15) is 4.39 Å². The second kappa shape index (κ2) is 4.17. The number of aryl methyl sites for hydroxylation is 1. The maximum absolute atomic E-state index is 13.7. The predicted octanol–water partition coefficient (Wildman–Crippen LogP) is 3.61. The third-order valence-corrected chi connectivity index (χ3v) is 3.64. The first-order valence-electron chi connectivity index (χ1n) is 5.43. The molecule has 0 radical (unpaired) electrons. The summed E-state index contributed by atoms with van der Waals surface area (Å²) < 4.78 is 16.2. The molecule has 0 amide bonds. The van der Waals surface area contributed by atoms with Gasteiger partial charge in [-0.3, -0.25) is 0 Å². The third-order valence-electron chi connectivity index (χ3n) is 2.73. The van der Waals surface area contributed by atoms with Crippen LogP contribution in [0.4, 0.5) is 4.39 Å². The first kappa shape index (κ1) is 11.3. The van der Waals surface area contributed by atoms with Gasteiger partial charge in [-0.05, 0) is 47.1 Å². The van der Waals surface area contributed by atoms with Crippen LogP contribution in [-0.2, 0) is 0 Å². The Labute approximate surface area is 111 Å². The Hall–Kier alpha value is -1.75. The molecule has 5 heteroatoms. The van der Waals surface area contributed by atoms with E-state index >= 15 is 0 Å². The van der Waals surface area contributed by atoms with E-state index in [0.29, 0.717) is 11.3 Å². The molecule has 3 aromatic rings. The van der Waals surface area contributed by atoms with Crippen LogP contribution >= 0.6 is 15.9 Å². The summed E-state index contributed by atoms with van der Waals surface area (Å²) in [6, 6.07) is 10.2. The number of fused-ring (bicyclic) bond motifs is 1. The van der Waals surface area contributed by atoms with Gasteiger partial charge in [0, 0.05) is 5.56 Å². The molecule has 0 spiro atoms. The molecule has 0 aliphatic carbocycles. The van der Waals surface area contributed by atoms with Crippen LogP contribution in [0.3, 0.4) is 0 Å². The normalized spacial score (nSPS) is 11.1. The standard InChI is InChI=1S/C13H9BrFN3/c1-8-13(14)18-12(16-8)7-6-11(17-18)9-4-2-3-5-10(9)15/h2-7H,1H3. The van der Waals surface area contributed by atoms with Gasteiger partial charge in [0.25, 0.3) is 0 Å². The smallest absolute Gasteiger partial charge is 0.155 e. The highest BCUT2D eigenvalue weighted by Gasteiger charge is 2.10. The molecule has 90 valence electrons. The number of halogens is 2. The SMILES string of the molecule is Cc1nc2ccc(-c3ccccc3F)nn2c1Br. The summed E-state index contributed by atoms with van der Waals surface area (Å²) in [5.41, 5.74) is 2.66. The lowest BCUT2D eigenvalue weighted by Gasteiger charge is -2.03. The minimum Gasteiger partial charge on any atom is -0.231 e. The fourth-order valence-corrected chi connectivity index (χ4v) is 2.18. The molecule has 0 saturated carbocycles. The first-order chi connectivity index (χ1) is 8.66. The number of nitrogens with zero attached hydrogens (tertiary/aromatic N) is 3. The lowest BCUT2D eigenvalue weighted by molar-refractivity contribution is 0.630. The van der Waals surface area contributed by atoms with Crippen LogP contribution in [0.25, 0.3) is 16.9 Å². The van der Waals surface area contributed by atoms with Gasteiger partial charge in [0.05, 0.1) is 11.4 Å². The van der Waals surface area contributed by atoms with Crippen LogP contribution in [-0.4, -0.2) is 14.6 Å². The zero-order chi connectivity index (χ0) is 12.7. The molecule has 0 aliphatic rings. The fourth-order valence-electron chi connectivity index (χ4n) is 1.83. The highest BCUT2D eigenvalue weighted by atomic mass is 79.9. The Balaban J connectivity index is 2.25. The lowest BCUT2D eigenvalue weighted by Crippen LogP contribution is -1.96. The lowest BCUT2D eigenvalue weighted by atomic mass is 10.1. The van der Waals surface area contributed by atoms with Gasteiger partial charge in [0.1, 0.15) is 10.4 Å². The Morgan fingerprint density at radius 1 is 1.17 bits per heavy atom. The summed E-state index contributed by atoms with van der Waals surface area (Å²) in [5.74, 6) is -0.280. The van der Waals surface area contributed by atoms with Gasteiger partial charge in [-0.1, -0.05) is 12.1 Å². The van der Waals surface area contributed by atoms with Crippen molar-refractivity contribution in [3.05, 3.63) is 52.5 Å². The van der Waals surface area contributed by atoms with Crippen LogP contribution in [0.2, 0.25) is 0 Å². The van der Waals surface area contributed by atoms with Gasteiger partial charge in [-0.2, -0.15) is 5.10 Å². The number of aromatic nitrogens is 3. The second-order valence-corrected chi connectivity index (χ2v) is 4.71. The third kappa shape index (κ3) is 1.71. The van der Waals surface area contributed by atoms with Crippen LogP contribution < -0.4 is 0 Å². The largest absolute Gasteiger partial charge is 0.231 e. The van der Waals surface area contributed by atoms with Crippen molar-refractivity contribution in [2.75, 3.05) is 0 Å². The summed E-state index contributed by atoms with van der Waals surface area (Å²) in [5, 5.41) is 4.39. The van der Waals surface area contributed by atoms with Gasteiger partial charge in [-0.25, -0.2) is 13.9 Å². The second-order valence-electron chi connectivity index (χ2n) is 3.96. The van der Waals surface area contributed by atoms with E-state index in [4.69, 9.17) is 0 Å². The minimum atomic E-state index is -0.280. The van der Waals surface area contributed by atoms with Crippen molar-refractivity contribution < 1.29 is 4.39 Å². The van der Waals surface area contributed by atoms with Gasteiger partial charge >= 0.3 is 0 Å². The Morgan fingerprint density at radius 2 is 1.94 bits per heavy atom. The summed E-state index contributed by atoms with van der Waals surface area (Å²) in [6.45, 7) is 1.89. The van der Waals surface area contributed by atoms with Crippen molar-refractivity contribution in [3.63, 3.8) is 0 Å². The van der Waals surface area contributed by atoms with Gasteiger partial charge in [0.15, 0.2) is 5.65 Å². The summed E-state index contributed by atoms with van der Waals surface area (Å²) in [6.07, 6.45) is 0. The van der Waals surface area contributed by atoms with Crippen molar-refractivity contribution in [1.82, 2.24) is 14.6 Å². The summed E-state index contributed by atoms with van der Waals surface area (Å²) >= 11 is 3.42. The molecule has 3 nitrogen and oxygen atoms in total. The highest BCUT2D eigenvalue weighted by molar-refractivity contribution is 9.10. The summed E-state index contributed by atoms with van der Waals surface area (Å²) in [4.78, 5) is 4.33. The summed E-state index contributed by atoms with van der Waals surface area (Å²) in [7, 11) is 0. The molecule has 3 rings (SSSR count). The molecule has 2 heterocycles. The van der Waals surface area contributed by atoms with Crippen molar-refractivity contribution in [3.8, 4) is 11.3 Å². The minimum absolute atomic E-state index is 0.280. The van der Waals surface area contributed by atoms with Crippen LogP contribution in [0.5, 0.6) is 0 Å². The van der Waals surface area contributed by atoms with E-state index in [0.717, 1.165) is 15.9 Å². The quantitative estimate of drug-likeness (QED) is 0.687. The van der Waals surface area contributed by atoms with Crippen molar-refractivity contribution in [2.24, 2.45) is 0 Å². The topological polar surface area (TPSA) is 30.2 Å². The van der Waals surface area contributed by atoms with E-state index in [-0.39, 0.29) is 5.82 Å².